The van der Waals surface area contributed by atoms with E-state index in [0.29, 0.717) is 24.2 Å². The molecule has 0 fully saturated rings. The second kappa shape index (κ2) is 18.9. The summed E-state index contributed by atoms with van der Waals surface area (Å²) in [5.41, 5.74) is 3.85. The summed E-state index contributed by atoms with van der Waals surface area (Å²) in [4.78, 5) is 47.9. The first-order valence-electron chi connectivity index (χ1n) is 16.4. The van der Waals surface area contributed by atoms with E-state index in [4.69, 9.17) is 9.47 Å². The molecule has 0 heterocycles. The Labute approximate surface area is 296 Å². The number of amides is 3. The number of carbonyl (C=O) groups is 3. The van der Waals surface area contributed by atoms with E-state index in [2.05, 4.69) is 20.2 Å². The van der Waals surface area contributed by atoms with Crippen LogP contribution < -0.4 is 18.8 Å². The zero-order valence-corrected chi connectivity index (χ0v) is 34.4. The Morgan fingerprint density at radius 1 is 0.735 bits per heavy atom. The first-order valence-corrected chi connectivity index (χ1v) is 29.7. The van der Waals surface area contributed by atoms with Gasteiger partial charge in [0.2, 0.25) is 0 Å². The fraction of sp³-hybridized carbons (Fsp3) is 0.545. The van der Waals surface area contributed by atoms with Gasteiger partial charge in [-0.3, -0.25) is 4.90 Å². The van der Waals surface area contributed by atoms with Crippen molar-refractivity contribution in [2.45, 2.75) is 71.1 Å². The summed E-state index contributed by atoms with van der Waals surface area (Å²) in [5, 5.41) is 1.53. The summed E-state index contributed by atoms with van der Waals surface area (Å²) in [6, 6.07) is 10.8. The van der Waals surface area contributed by atoms with Crippen LogP contribution in [0.1, 0.15) is 46.5 Å². The molecule has 0 aliphatic rings. The molecule has 16 heteroatoms. The van der Waals surface area contributed by atoms with Crippen LogP contribution in [0.2, 0.25) is 14.8 Å². The predicted octanol–water partition coefficient (Wildman–Crippen LogP) is 4.58. The first kappa shape index (κ1) is 42.3. The molecule has 49 heavy (non-hydrogen) atoms. The SMILES string of the molecule is CCCCCC(=O)NN(CCOC(=O)N(C)c1ccc(S(=O)(=O)CC)cc1)CCOC(=O)N(C)c1ccc(S(=O)(=O)CC)c[c]1[Sn]([CH3])([CH3])[CH3]. The number of ether oxygens (including phenoxy) is 2. The fourth-order valence-electron chi connectivity index (χ4n) is 4.69. The van der Waals surface area contributed by atoms with Crippen LogP contribution in [-0.4, -0.2) is 110 Å². The van der Waals surface area contributed by atoms with Crippen LogP contribution >= 0.6 is 0 Å². The Kier molecular flexibility index (Phi) is 16.3. The number of nitrogens with zero attached hydrogens (tertiary/aromatic N) is 3. The molecule has 0 saturated carbocycles. The molecule has 0 aliphatic carbocycles. The zero-order valence-electron chi connectivity index (χ0n) is 29.9. The molecule has 0 spiro atoms. The van der Waals surface area contributed by atoms with Gasteiger partial charge in [-0.25, -0.2) is 13.2 Å². The zero-order chi connectivity index (χ0) is 37.0. The van der Waals surface area contributed by atoms with E-state index in [1.807, 2.05) is 6.92 Å². The number of nitrogens with one attached hydrogen (secondary N) is 1. The molecular weight excluding hydrogens is 779 g/mol. The standard InChI is InChI=1S/C30H43N4O9S2.3CH3.Sn/c1-6-9-10-11-28(35)31-34(20-22-42-29(36)32(4)24-12-16-26(17-13-24)44(38,39)7-2)21-23-43-30(37)33(5)25-14-18-27(19-15-25)45(40,41)8-3;;;;/h12-14,16-19H,6-11,20-23H2,1-5H3,(H,31,35);3*1H3;. The molecule has 274 valence electrons. The van der Waals surface area contributed by atoms with Crippen molar-refractivity contribution in [1.82, 2.24) is 10.4 Å². The van der Waals surface area contributed by atoms with Crippen LogP contribution in [0.15, 0.2) is 52.3 Å². The van der Waals surface area contributed by atoms with E-state index in [1.54, 1.807) is 33.0 Å². The third kappa shape index (κ3) is 12.7. The van der Waals surface area contributed by atoms with Crippen molar-refractivity contribution in [3.63, 3.8) is 0 Å². The third-order valence-electron chi connectivity index (χ3n) is 7.85. The monoisotopic (exact) mass is 832 g/mol. The van der Waals surface area contributed by atoms with E-state index in [9.17, 15) is 31.2 Å². The molecule has 13 nitrogen and oxygen atoms in total. The second-order valence-electron chi connectivity index (χ2n) is 12.6. The van der Waals surface area contributed by atoms with Gasteiger partial charge in [0.25, 0.3) is 0 Å². The Hall–Kier alpha value is -2.89. The van der Waals surface area contributed by atoms with Gasteiger partial charge in [0.1, 0.15) is 0 Å². The van der Waals surface area contributed by atoms with E-state index in [0.717, 1.165) is 16.4 Å². The van der Waals surface area contributed by atoms with E-state index < -0.39 is 50.2 Å². The van der Waals surface area contributed by atoms with E-state index in [-0.39, 0.29) is 53.5 Å². The Bertz CT molecular complexity index is 1640. The number of benzene rings is 2. The molecular formula is C33H52N4O9S2Sn. The molecule has 0 atom stereocenters. The summed E-state index contributed by atoms with van der Waals surface area (Å²) < 4.78 is 61.1. The number of hydrazine groups is 1. The second-order valence-corrected chi connectivity index (χ2v) is 31.5. The summed E-state index contributed by atoms with van der Waals surface area (Å²) >= 11 is -2.92. The summed E-state index contributed by atoms with van der Waals surface area (Å²) in [6.07, 6.45) is 1.57. The van der Waals surface area contributed by atoms with Crippen molar-refractivity contribution in [3.8, 4) is 0 Å². The minimum absolute atomic E-state index is 0.0218. The molecule has 0 saturated heterocycles. The number of rotatable bonds is 18. The fourth-order valence-corrected chi connectivity index (χ4v) is 11.4. The number of unbranched alkanes of at least 4 members (excludes halogenated alkanes) is 2. The topological polar surface area (TPSA) is 160 Å². The van der Waals surface area contributed by atoms with Crippen molar-refractivity contribution >= 4 is 71.1 Å². The molecule has 2 aromatic carbocycles. The average molecular weight is 832 g/mol. The maximum atomic E-state index is 13.1. The molecule has 0 aliphatic heterocycles. The summed E-state index contributed by atoms with van der Waals surface area (Å²) in [5.74, 6) is -0.272. The van der Waals surface area contributed by atoms with Crippen LogP contribution in [-0.2, 0) is 33.9 Å². The van der Waals surface area contributed by atoms with Crippen molar-refractivity contribution in [2.75, 3.05) is 61.7 Å². The van der Waals surface area contributed by atoms with Crippen LogP contribution in [0.5, 0.6) is 0 Å². The predicted molar refractivity (Wildman–Crippen MR) is 195 cm³/mol. The molecule has 0 bridgehead atoms. The van der Waals surface area contributed by atoms with Crippen LogP contribution in [0.4, 0.5) is 21.0 Å². The quantitative estimate of drug-likeness (QED) is 0.128. The minimum atomic E-state index is -3.42. The molecule has 1 N–H and O–H groups in total. The van der Waals surface area contributed by atoms with Crippen molar-refractivity contribution in [3.05, 3.63) is 42.5 Å². The maximum absolute atomic E-state index is 13.1. The van der Waals surface area contributed by atoms with Gasteiger partial charge in [0, 0.05) is 12.7 Å². The van der Waals surface area contributed by atoms with Crippen LogP contribution in [0.3, 0.4) is 0 Å². The normalized spacial score (nSPS) is 12.0. The van der Waals surface area contributed by atoms with Gasteiger partial charge in [0.15, 0.2) is 9.84 Å². The molecule has 0 unspecified atom stereocenters. The van der Waals surface area contributed by atoms with Crippen molar-refractivity contribution in [1.29, 1.82) is 0 Å². The van der Waals surface area contributed by atoms with Crippen LogP contribution in [0.25, 0.3) is 0 Å². The van der Waals surface area contributed by atoms with Crippen molar-refractivity contribution in [2.24, 2.45) is 0 Å². The number of hydrogen-bond donors (Lipinski definition) is 1. The van der Waals surface area contributed by atoms with Gasteiger partial charge >= 0.3 is 195 Å². The molecule has 0 aromatic heterocycles. The molecule has 2 aromatic rings. The van der Waals surface area contributed by atoms with Crippen LogP contribution in [0, 0.1) is 0 Å². The summed E-state index contributed by atoms with van der Waals surface area (Å²) in [7, 11) is -3.72. The van der Waals surface area contributed by atoms with Gasteiger partial charge in [-0.1, -0.05) is 26.7 Å². The average Bonchev–Trinajstić information content (AvgIpc) is 3.06. The first-order chi connectivity index (χ1) is 22.9. The van der Waals surface area contributed by atoms with Gasteiger partial charge in [-0.05, 0) is 24.3 Å². The van der Waals surface area contributed by atoms with Gasteiger partial charge < -0.3 is 0 Å². The summed E-state index contributed by atoms with van der Waals surface area (Å²) in [6.45, 7) is 5.23. The molecule has 2 rings (SSSR count). The third-order valence-corrected chi connectivity index (χ3v) is 17.1. The van der Waals surface area contributed by atoms with E-state index in [1.165, 1.54) is 52.2 Å². The Morgan fingerprint density at radius 3 is 1.76 bits per heavy atom. The van der Waals surface area contributed by atoms with Gasteiger partial charge in [-0.2, -0.15) is 0 Å². The molecule has 3 amide bonds. The number of anilines is 2. The number of hydrogen-bond acceptors (Lipinski definition) is 10. The Morgan fingerprint density at radius 2 is 1.24 bits per heavy atom. The number of carbonyl (C=O) groups excluding carboxylic acids is 3. The van der Waals surface area contributed by atoms with E-state index >= 15 is 0 Å². The number of sulfone groups is 2. The van der Waals surface area contributed by atoms with Crippen molar-refractivity contribution < 1.29 is 40.7 Å². The Balaban J connectivity index is 2.07. The molecule has 0 radical (unpaired) electrons. The van der Waals surface area contributed by atoms with Gasteiger partial charge in [0.05, 0.1) is 10.6 Å². The van der Waals surface area contributed by atoms with Gasteiger partial charge in [-0.15, -0.1) is 0 Å².